The fourth-order valence-corrected chi connectivity index (χ4v) is 2.71. The van der Waals surface area contributed by atoms with Crippen molar-refractivity contribution < 1.29 is 14.4 Å². The molecule has 0 saturated carbocycles. The van der Waals surface area contributed by atoms with Gasteiger partial charge in [0, 0.05) is 32.2 Å². The standard InChI is InChI=1S/C18H25N3O3/c1-13(2)19-17(23)18(24)21-10-8-20(9-11-21)16(22)12-15-7-5-4-6-14(15)3/h4-7,13H,8-12H2,1-3H3,(H,19,23). The van der Waals surface area contributed by atoms with Gasteiger partial charge in [-0.2, -0.15) is 0 Å². The molecule has 130 valence electrons. The molecule has 1 N–H and O–H groups in total. The Morgan fingerprint density at radius 2 is 1.62 bits per heavy atom. The molecule has 1 aliphatic heterocycles. The quantitative estimate of drug-likeness (QED) is 0.830. The van der Waals surface area contributed by atoms with Crippen LogP contribution in [0.4, 0.5) is 0 Å². The van der Waals surface area contributed by atoms with Crippen LogP contribution in [0.15, 0.2) is 24.3 Å². The van der Waals surface area contributed by atoms with E-state index in [-0.39, 0.29) is 11.9 Å². The predicted molar refractivity (Wildman–Crippen MR) is 91.3 cm³/mol. The van der Waals surface area contributed by atoms with E-state index in [0.29, 0.717) is 32.6 Å². The molecule has 1 aromatic carbocycles. The van der Waals surface area contributed by atoms with Crippen molar-refractivity contribution in [2.75, 3.05) is 26.2 Å². The third-order valence-electron chi connectivity index (χ3n) is 4.14. The van der Waals surface area contributed by atoms with E-state index in [9.17, 15) is 14.4 Å². The number of nitrogens with one attached hydrogen (secondary N) is 1. The number of hydrogen-bond acceptors (Lipinski definition) is 3. The Hall–Kier alpha value is -2.37. The van der Waals surface area contributed by atoms with Crippen LogP contribution >= 0.6 is 0 Å². The van der Waals surface area contributed by atoms with Gasteiger partial charge in [0.1, 0.15) is 0 Å². The summed E-state index contributed by atoms with van der Waals surface area (Å²) < 4.78 is 0. The van der Waals surface area contributed by atoms with Gasteiger partial charge in [-0.1, -0.05) is 24.3 Å². The molecule has 0 bridgehead atoms. The van der Waals surface area contributed by atoms with E-state index in [0.717, 1.165) is 11.1 Å². The maximum Gasteiger partial charge on any atom is 0.312 e. The third-order valence-corrected chi connectivity index (χ3v) is 4.14. The van der Waals surface area contributed by atoms with Crippen molar-refractivity contribution in [3.05, 3.63) is 35.4 Å². The normalized spacial score (nSPS) is 14.7. The summed E-state index contributed by atoms with van der Waals surface area (Å²) in [5.74, 6) is -1.04. The van der Waals surface area contributed by atoms with Crippen LogP contribution in [0.3, 0.4) is 0 Å². The number of carbonyl (C=O) groups excluding carboxylic acids is 3. The highest BCUT2D eigenvalue weighted by Gasteiger charge is 2.28. The molecule has 6 heteroatoms. The molecule has 0 spiro atoms. The van der Waals surface area contributed by atoms with Crippen molar-refractivity contribution in [2.24, 2.45) is 0 Å². The van der Waals surface area contributed by atoms with Gasteiger partial charge < -0.3 is 15.1 Å². The Morgan fingerprint density at radius 1 is 1.04 bits per heavy atom. The van der Waals surface area contributed by atoms with Gasteiger partial charge in [0.2, 0.25) is 5.91 Å². The molecule has 3 amide bonds. The minimum Gasteiger partial charge on any atom is -0.346 e. The van der Waals surface area contributed by atoms with E-state index in [4.69, 9.17) is 0 Å². The molecule has 24 heavy (non-hydrogen) atoms. The maximum atomic E-state index is 12.4. The molecule has 0 aromatic heterocycles. The third kappa shape index (κ3) is 4.57. The molecule has 0 aliphatic carbocycles. The first kappa shape index (κ1) is 18.0. The lowest BCUT2D eigenvalue weighted by Crippen LogP contribution is -2.54. The van der Waals surface area contributed by atoms with E-state index in [1.165, 1.54) is 4.90 Å². The Bertz CT molecular complexity index is 620. The first-order valence-corrected chi connectivity index (χ1v) is 8.30. The van der Waals surface area contributed by atoms with Gasteiger partial charge in [0.15, 0.2) is 0 Å². The summed E-state index contributed by atoms with van der Waals surface area (Å²) in [6, 6.07) is 7.77. The molecule has 1 aromatic rings. The number of nitrogens with zero attached hydrogens (tertiary/aromatic N) is 2. The van der Waals surface area contributed by atoms with Crippen molar-refractivity contribution in [2.45, 2.75) is 33.2 Å². The van der Waals surface area contributed by atoms with E-state index in [2.05, 4.69) is 5.32 Å². The number of carbonyl (C=O) groups is 3. The fourth-order valence-electron chi connectivity index (χ4n) is 2.71. The number of aryl methyl sites for hydroxylation is 1. The fraction of sp³-hybridized carbons (Fsp3) is 0.500. The monoisotopic (exact) mass is 331 g/mol. The minimum atomic E-state index is -0.579. The van der Waals surface area contributed by atoms with E-state index >= 15 is 0 Å². The number of amides is 3. The zero-order valence-corrected chi connectivity index (χ0v) is 14.5. The van der Waals surface area contributed by atoms with E-state index in [1.54, 1.807) is 4.90 Å². The second-order valence-electron chi connectivity index (χ2n) is 6.40. The van der Waals surface area contributed by atoms with Crippen LogP contribution in [0.25, 0.3) is 0 Å². The van der Waals surface area contributed by atoms with Gasteiger partial charge in [0.05, 0.1) is 6.42 Å². The lowest BCUT2D eigenvalue weighted by atomic mass is 10.1. The minimum absolute atomic E-state index is 0.0584. The van der Waals surface area contributed by atoms with Gasteiger partial charge in [0.25, 0.3) is 0 Å². The molecule has 1 heterocycles. The molecular formula is C18H25N3O3. The summed E-state index contributed by atoms with van der Waals surface area (Å²) in [6.45, 7) is 7.33. The second kappa shape index (κ2) is 7.95. The summed E-state index contributed by atoms with van der Waals surface area (Å²) in [7, 11) is 0. The van der Waals surface area contributed by atoms with Crippen molar-refractivity contribution in [3.63, 3.8) is 0 Å². The zero-order chi connectivity index (χ0) is 17.7. The van der Waals surface area contributed by atoms with Crippen molar-refractivity contribution in [3.8, 4) is 0 Å². The van der Waals surface area contributed by atoms with Crippen LogP contribution in [-0.4, -0.2) is 59.7 Å². The smallest absolute Gasteiger partial charge is 0.312 e. The summed E-state index contributed by atoms with van der Waals surface area (Å²) >= 11 is 0. The van der Waals surface area contributed by atoms with Crippen molar-refractivity contribution in [1.82, 2.24) is 15.1 Å². The Labute approximate surface area is 142 Å². The summed E-state index contributed by atoms with van der Waals surface area (Å²) in [5, 5.41) is 2.60. The highest BCUT2D eigenvalue weighted by atomic mass is 16.2. The lowest BCUT2D eigenvalue weighted by Gasteiger charge is -2.34. The first-order chi connectivity index (χ1) is 11.4. The molecule has 0 atom stereocenters. The average molecular weight is 331 g/mol. The largest absolute Gasteiger partial charge is 0.346 e. The van der Waals surface area contributed by atoms with Crippen molar-refractivity contribution >= 4 is 17.7 Å². The number of piperazine rings is 1. The van der Waals surface area contributed by atoms with Crippen LogP contribution < -0.4 is 5.32 Å². The summed E-state index contributed by atoms with van der Waals surface area (Å²) in [5.41, 5.74) is 2.13. The summed E-state index contributed by atoms with van der Waals surface area (Å²) in [6.07, 6.45) is 0.369. The predicted octanol–water partition coefficient (Wildman–Crippen LogP) is 0.733. The van der Waals surface area contributed by atoms with Crippen molar-refractivity contribution in [1.29, 1.82) is 0 Å². The average Bonchev–Trinajstić information content (AvgIpc) is 2.55. The molecule has 1 saturated heterocycles. The molecule has 1 aliphatic rings. The van der Waals surface area contributed by atoms with E-state index in [1.807, 2.05) is 45.0 Å². The first-order valence-electron chi connectivity index (χ1n) is 8.30. The van der Waals surface area contributed by atoms with Gasteiger partial charge >= 0.3 is 11.8 Å². The lowest BCUT2D eigenvalue weighted by molar-refractivity contribution is -0.148. The van der Waals surface area contributed by atoms with Gasteiger partial charge in [-0.05, 0) is 31.9 Å². The van der Waals surface area contributed by atoms with Gasteiger partial charge in [-0.25, -0.2) is 0 Å². The van der Waals surface area contributed by atoms with Gasteiger partial charge in [-0.3, -0.25) is 14.4 Å². The van der Waals surface area contributed by atoms with Crippen LogP contribution in [0.1, 0.15) is 25.0 Å². The van der Waals surface area contributed by atoms with Gasteiger partial charge in [-0.15, -0.1) is 0 Å². The topological polar surface area (TPSA) is 69.7 Å². The maximum absolute atomic E-state index is 12.4. The van der Waals surface area contributed by atoms with Crippen LogP contribution in [0.5, 0.6) is 0 Å². The number of rotatable bonds is 3. The molecular weight excluding hydrogens is 306 g/mol. The Balaban J connectivity index is 1.86. The Morgan fingerprint density at radius 3 is 2.21 bits per heavy atom. The zero-order valence-electron chi connectivity index (χ0n) is 14.5. The summed E-state index contributed by atoms with van der Waals surface area (Å²) in [4.78, 5) is 39.5. The van der Waals surface area contributed by atoms with Crippen LogP contribution in [-0.2, 0) is 20.8 Å². The number of benzene rings is 1. The van der Waals surface area contributed by atoms with E-state index < -0.39 is 11.8 Å². The molecule has 0 unspecified atom stereocenters. The number of hydrogen-bond donors (Lipinski definition) is 1. The van der Waals surface area contributed by atoms with Crippen LogP contribution in [0.2, 0.25) is 0 Å². The highest BCUT2D eigenvalue weighted by molar-refractivity contribution is 6.35. The highest BCUT2D eigenvalue weighted by Crippen LogP contribution is 2.11. The molecule has 0 radical (unpaired) electrons. The molecule has 6 nitrogen and oxygen atoms in total. The Kier molecular flexibility index (Phi) is 5.95. The second-order valence-corrected chi connectivity index (χ2v) is 6.40. The SMILES string of the molecule is Cc1ccccc1CC(=O)N1CCN(C(=O)C(=O)NC(C)C)CC1. The van der Waals surface area contributed by atoms with Crippen LogP contribution in [0, 0.1) is 6.92 Å². The molecule has 1 fully saturated rings. The molecule has 2 rings (SSSR count).